The van der Waals surface area contributed by atoms with E-state index in [-0.39, 0.29) is 11.6 Å². The van der Waals surface area contributed by atoms with Crippen LogP contribution in [0.15, 0.2) is 12.1 Å². The summed E-state index contributed by atoms with van der Waals surface area (Å²) < 4.78 is 26.5. The minimum absolute atomic E-state index is 0.0461. The SMILES string of the molecule is CCSCCC(C)NC(=O)c1cc(F)c(N)c(F)c1. The van der Waals surface area contributed by atoms with Crippen molar-refractivity contribution < 1.29 is 13.6 Å². The second-order valence-corrected chi connectivity index (χ2v) is 5.61. The van der Waals surface area contributed by atoms with Crippen LogP contribution in [0.2, 0.25) is 0 Å². The molecule has 0 bridgehead atoms. The Labute approximate surface area is 115 Å². The maximum Gasteiger partial charge on any atom is 0.251 e. The molecule has 0 radical (unpaired) electrons. The third kappa shape index (κ3) is 4.70. The number of hydrogen-bond donors (Lipinski definition) is 2. The van der Waals surface area contributed by atoms with Crippen LogP contribution in [0.3, 0.4) is 0 Å². The molecule has 1 aromatic rings. The topological polar surface area (TPSA) is 55.1 Å². The zero-order valence-corrected chi connectivity index (χ0v) is 11.8. The predicted octanol–water partition coefficient (Wildman–Crippen LogP) is 2.81. The van der Waals surface area contributed by atoms with Crippen molar-refractivity contribution in [2.45, 2.75) is 26.3 Å². The molecular weight excluding hydrogens is 270 g/mol. The third-order valence-electron chi connectivity index (χ3n) is 2.62. The second-order valence-electron chi connectivity index (χ2n) is 4.21. The Kier molecular flexibility index (Phi) is 6.08. The number of halogens is 2. The molecule has 1 rings (SSSR count). The van der Waals surface area contributed by atoms with E-state index in [0.29, 0.717) is 0 Å². The summed E-state index contributed by atoms with van der Waals surface area (Å²) in [5.74, 6) is -0.372. The Morgan fingerprint density at radius 2 is 2.00 bits per heavy atom. The smallest absolute Gasteiger partial charge is 0.251 e. The van der Waals surface area contributed by atoms with Crippen molar-refractivity contribution in [3.63, 3.8) is 0 Å². The van der Waals surface area contributed by atoms with Gasteiger partial charge < -0.3 is 11.1 Å². The molecule has 0 aliphatic rings. The Morgan fingerprint density at radius 1 is 1.42 bits per heavy atom. The maximum atomic E-state index is 13.2. The highest BCUT2D eigenvalue weighted by Crippen LogP contribution is 2.17. The zero-order chi connectivity index (χ0) is 14.4. The highest BCUT2D eigenvalue weighted by molar-refractivity contribution is 7.99. The van der Waals surface area contributed by atoms with Gasteiger partial charge in [0.1, 0.15) is 17.3 Å². The van der Waals surface area contributed by atoms with Crippen molar-refractivity contribution >= 4 is 23.4 Å². The number of thioether (sulfide) groups is 1. The molecule has 0 heterocycles. The van der Waals surface area contributed by atoms with Gasteiger partial charge in [-0.3, -0.25) is 4.79 Å². The normalized spacial score (nSPS) is 12.2. The average molecular weight is 288 g/mol. The zero-order valence-electron chi connectivity index (χ0n) is 11.0. The van der Waals surface area contributed by atoms with Crippen molar-refractivity contribution in [3.05, 3.63) is 29.3 Å². The van der Waals surface area contributed by atoms with Gasteiger partial charge in [-0.05, 0) is 37.0 Å². The van der Waals surface area contributed by atoms with Gasteiger partial charge in [-0.1, -0.05) is 6.92 Å². The first-order valence-electron chi connectivity index (χ1n) is 6.08. The van der Waals surface area contributed by atoms with Gasteiger partial charge in [-0.25, -0.2) is 8.78 Å². The Balaban J connectivity index is 2.63. The predicted molar refractivity (Wildman–Crippen MR) is 75.3 cm³/mol. The van der Waals surface area contributed by atoms with E-state index in [1.54, 1.807) is 11.8 Å². The van der Waals surface area contributed by atoms with Gasteiger partial charge in [0, 0.05) is 11.6 Å². The minimum Gasteiger partial charge on any atom is -0.394 e. The first-order valence-corrected chi connectivity index (χ1v) is 7.24. The van der Waals surface area contributed by atoms with E-state index >= 15 is 0 Å². The molecule has 6 heteroatoms. The summed E-state index contributed by atoms with van der Waals surface area (Å²) in [6, 6.07) is 1.85. The lowest BCUT2D eigenvalue weighted by Crippen LogP contribution is -2.33. The van der Waals surface area contributed by atoms with Crippen LogP contribution in [0.4, 0.5) is 14.5 Å². The fourth-order valence-electron chi connectivity index (χ4n) is 1.50. The number of benzene rings is 1. The molecule has 0 saturated heterocycles. The van der Waals surface area contributed by atoms with E-state index in [1.165, 1.54) is 0 Å². The van der Waals surface area contributed by atoms with E-state index in [0.717, 1.165) is 30.1 Å². The molecule has 1 aromatic carbocycles. The standard InChI is InChI=1S/C13H18F2N2OS/c1-3-19-5-4-8(2)17-13(18)9-6-10(14)12(16)11(15)7-9/h6-8H,3-5,16H2,1-2H3,(H,17,18). The summed E-state index contributed by atoms with van der Waals surface area (Å²) in [7, 11) is 0. The Hall–Kier alpha value is -1.30. The van der Waals surface area contributed by atoms with Crippen LogP contribution in [0, 0.1) is 11.6 Å². The summed E-state index contributed by atoms with van der Waals surface area (Å²) in [4.78, 5) is 11.8. The van der Waals surface area contributed by atoms with Crippen molar-refractivity contribution in [2.24, 2.45) is 0 Å². The van der Waals surface area contributed by atoms with Gasteiger partial charge >= 0.3 is 0 Å². The quantitative estimate of drug-likeness (QED) is 0.625. The van der Waals surface area contributed by atoms with Crippen molar-refractivity contribution in [1.82, 2.24) is 5.32 Å². The molecule has 0 aromatic heterocycles. The first-order chi connectivity index (χ1) is 8.95. The molecule has 0 aliphatic carbocycles. The van der Waals surface area contributed by atoms with Crippen LogP contribution in [0.25, 0.3) is 0 Å². The lowest BCUT2D eigenvalue weighted by Gasteiger charge is -2.14. The number of nitrogens with one attached hydrogen (secondary N) is 1. The molecule has 0 saturated carbocycles. The number of nitrogen functional groups attached to an aromatic ring is 1. The van der Waals surface area contributed by atoms with Crippen LogP contribution in [0.1, 0.15) is 30.6 Å². The van der Waals surface area contributed by atoms with Gasteiger partial charge in [0.15, 0.2) is 0 Å². The van der Waals surface area contributed by atoms with Crippen LogP contribution in [-0.4, -0.2) is 23.5 Å². The number of hydrogen-bond acceptors (Lipinski definition) is 3. The van der Waals surface area contributed by atoms with Crippen LogP contribution in [0.5, 0.6) is 0 Å². The summed E-state index contributed by atoms with van der Waals surface area (Å²) >= 11 is 1.78. The van der Waals surface area contributed by atoms with Gasteiger partial charge in [0.05, 0.1) is 0 Å². The molecule has 0 fully saturated rings. The molecule has 0 aliphatic heterocycles. The van der Waals surface area contributed by atoms with E-state index < -0.39 is 23.2 Å². The molecule has 1 atom stereocenters. The van der Waals surface area contributed by atoms with Gasteiger partial charge in [-0.2, -0.15) is 11.8 Å². The number of carbonyl (C=O) groups is 1. The lowest BCUT2D eigenvalue weighted by molar-refractivity contribution is 0.0938. The molecule has 1 unspecified atom stereocenters. The highest BCUT2D eigenvalue weighted by Gasteiger charge is 2.14. The van der Waals surface area contributed by atoms with E-state index in [2.05, 4.69) is 12.2 Å². The monoisotopic (exact) mass is 288 g/mol. The van der Waals surface area contributed by atoms with Crippen molar-refractivity contribution in [2.75, 3.05) is 17.2 Å². The van der Waals surface area contributed by atoms with Crippen molar-refractivity contribution in [3.8, 4) is 0 Å². The summed E-state index contributed by atoms with van der Waals surface area (Å²) in [6.45, 7) is 3.92. The van der Waals surface area contributed by atoms with E-state index in [9.17, 15) is 13.6 Å². The van der Waals surface area contributed by atoms with Gasteiger partial charge in [-0.15, -0.1) is 0 Å². The fraction of sp³-hybridized carbons (Fsp3) is 0.462. The summed E-state index contributed by atoms with van der Waals surface area (Å²) in [5.41, 5.74) is 4.53. The Bertz CT molecular complexity index is 431. The van der Waals surface area contributed by atoms with Crippen molar-refractivity contribution in [1.29, 1.82) is 0 Å². The molecule has 19 heavy (non-hydrogen) atoms. The van der Waals surface area contributed by atoms with Crippen LogP contribution >= 0.6 is 11.8 Å². The molecular formula is C13H18F2N2OS. The van der Waals surface area contributed by atoms with Crippen LogP contribution < -0.4 is 11.1 Å². The van der Waals surface area contributed by atoms with Crippen LogP contribution in [-0.2, 0) is 0 Å². The maximum absolute atomic E-state index is 13.2. The van der Waals surface area contributed by atoms with E-state index in [4.69, 9.17) is 5.73 Å². The van der Waals surface area contributed by atoms with Gasteiger partial charge in [0.25, 0.3) is 5.91 Å². The molecule has 106 valence electrons. The third-order valence-corrected chi connectivity index (χ3v) is 3.55. The molecule has 3 N–H and O–H groups in total. The number of nitrogens with two attached hydrogens (primary N) is 1. The number of carbonyl (C=O) groups excluding carboxylic acids is 1. The largest absolute Gasteiger partial charge is 0.394 e. The Morgan fingerprint density at radius 3 is 2.53 bits per heavy atom. The number of rotatable bonds is 6. The lowest BCUT2D eigenvalue weighted by atomic mass is 10.1. The highest BCUT2D eigenvalue weighted by atomic mass is 32.2. The van der Waals surface area contributed by atoms with Gasteiger partial charge in [0.2, 0.25) is 0 Å². The first kappa shape index (κ1) is 15.8. The summed E-state index contributed by atoms with van der Waals surface area (Å²) in [6.07, 6.45) is 0.810. The molecule has 3 nitrogen and oxygen atoms in total. The second kappa shape index (κ2) is 7.33. The van der Waals surface area contributed by atoms with E-state index in [1.807, 2.05) is 6.92 Å². The summed E-state index contributed by atoms with van der Waals surface area (Å²) in [5, 5.41) is 2.70. The minimum atomic E-state index is -0.917. The molecule has 0 spiro atoms. The number of anilines is 1. The average Bonchev–Trinajstić information content (AvgIpc) is 2.35. The number of amides is 1. The fourth-order valence-corrected chi connectivity index (χ4v) is 2.31. The molecule has 1 amide bonds.